The number of hydrogen-bond donors (Lipinski definition) is 3. The highest BCUT2D eigenvalue weighted by atomic mass is 32.2. The van der Waals surface area contributed by atoms with Crippen LogP contribution in [-0.4, -0.2) is 32.8 Å². The molecule has 0 saturated carbocycles. The average molecular weight is 316 g/mol. The molecule has 0 radical (unpaired) electrons. The topological polar surface area (TPSA) is 102 Å². The van der Waals surface area contributed by atoms with Crippen LogP contribution in [0, 0.1) is 5.92 Å². The van der Waals surface area contributed by atoms with Gasteiger partial charge in [0, 0.05) is 18.3 Å². The fourth-order valence-corrected chi connectivity index (χ4v) is 3.50. The molecule has 21 heavy (non-hydrogen) atoms. The summed E-state index contributed by atoms with van der Waals surface area (Å²) in [4.78, 5) is -0.000420. The Hall–Kier alpha value is -1.31. The second kappa shape index (κ2) is 6.64. The van der Waals surface area contributed by atoms with Crippen molar-refractivity contribution in [1.29, 1.82) is 0 Å². The maximum Gasteiger partial charge on any atom is 0.244 e. The highest BCUT2D eigenvalue weighted by Crippen LogP contribution is 2.26. The SMILES string of the molecule is COc1cc(N)ccc1S(=O)(=O)NCC(C)(O)CC(C)C. The quantitative estimate of drug-likeness (QED) is 0.659. The first-order chi connectivity index (χ1) is 9.57. The van der Waals surface area contributed by atoms with Crippen molar-refractivity contribution in [2.75, 3.05) is 19.4 Å². The number of sulfonamides is 1. The lowest BCUT2D eigenvalue weighted by Crippen LogP contribution is -2.41. The molecule has 0 aromatic heterocycles. The largest absolute Gasteiger partial charge is 0.495 e. The van der Waals surface area contributed by atoms with E-state index in [0.29, 0.717) is 12.1 Å². The summed E-state index contributed by atoms with van der Waals surface area (Å²) < 4.78 is 32.1. The Morgan fingerprint density at radius 2 is 2.05 bits per heavy atom. The van der Waals surface area contributed by atoms with Crippen molar-refractivity contribution in [3.05, 3.63) is 18.2 Å². The minimum absolute atomic E-state index is 0.000420. The Labute approximate surface area is 126 Å². The monoisotopic (exact) mass is 316 g/mol. The van der Waals surface area contributed by atoms with Gasteiger partial charge in [0.15, 0.2) is 0 Å². The van der Waals surface area contributed by atoms with Gasteiger partial charge in [-0.2, -0.15) is 0 Å². The van der Waals surface area contributed by atoms with Gasteiger partial charge in [0.2, 0.25) is 10.0 Å². The van der Waals surface area contributed by atoms with Gasteiger partial charge < -0.3 is 15.6 Å². The van der Waals surface area contributed by atoms with Crippen LogP contribution >= 0.6 is 0 Å². The number of aliphatic hydroxyl groups is 1. The number of nitrogens with two attached hydrogens (primary N) is 1. The molecule has 7 heteroatoms. The first kappa shape index (κ1) is 17.7. The molecule has 0 amide bonds. The third kappa shape index (κ3) is 5.18. The van der Waals surface area contributed by atoms with E-state index >= 15 is 0 Å². The summed E-state index contributed by atoms with van der Waals surface area (Å²) >= 11 is 0. The van der Waals surface area contributed by atoms with Crippen molar-refractivity contribution in [2.24, 2.45) is 5.92 Å². The first-order valence-corrected chi connectivity index (χ1v) is 8.21. The van der Waals surface area contributed by atoms with Gasteiger partial charge in [0.1, 0.15) is 10.6 Å². The highest BCUT2D eigenvalue weighted by molar-refractivity contribution is 7.89. The summed E-state index contributed by atoms with van der Waals surface area (Å²) in [5, 5.41) is 10.2. The third-order valence-corrected chi connectivity index (χ3v) is 4.41. The molecule has 1 aromatic carbocycles. The molecule has 0 aliphatic carbocycles. The van der Waals surface area contributed by atoms with Crippen LogP contribution in [0.4, 0.5) is 5.69 Å². The van der Waals surface area contributed by atoms with Crippen LogP contribution in [0.2, 0.25) is 0 Å². The van der Waals surface area contributed by atoms with Crippen LogP contribution in [0.3, 0.4) is 0 Å². The second-order valence-electron chi connectivity index (χ2n) is 5.83. The number of nitrogen functional groups attached to an aromatic ring is 1. The maximum absolute atomic E-state index is 12.3. The fraction of sp³-hybridized carbons (Fsp3) is 0.571. The van der Waals surface area contributed by atoms with Crippen molar-refractivity contribution in [3.63, 3.8) is 0 Å². The van der Waals surface area contributed by atoms with E-state index < -0.39 is 15.6 Å². The molecule has 0 bridgehead atoms. The Morgan fingerprint density at radius 1 is 1.43 bits per heavy atom. The van der Waals surface area contributed by atoms with Crippen LogP contribution in [-0.2, 0) is 10.0 Å². The van der Waals surface area contributed by atoms with Gasteiger partial charge in [0.05, 0.1) is 12.7 Å². The van der Waals surface area contributed by atoms with E-state index in [1.165, 1.54) is 25.3 Å². The van der Waals surface area contributed by atoms with Crippen LogP contribution in [0.15, 0.2) is 23.1 Å². The number of rotatable bonds is 7. The predicted molar refractivity (Wildman–Crippen MR) is 82.7 cm³/mol. The Kier molecular flexibility index (Phi) is 5.61. The zero-order chi connectivity index (χ0) is 16.3. The van der Waals surface area contributed by atoms with E-state index in [9.17, 15) is 13.5 Å². The minimum atomic E-state index is -3.78. The molecule has 1 aromatic rings. The van der Waals surface area contributed by atoms with Gasteiger partial charge in [-0.25, -0.2) is 13.1 Å². The summed E-state index contributed by atoms with van der Waals surface area (Å²) in [7, 11) is -2.40. The van der Waals surface area contributed by atoms with Crippen LogP contribution < -0.4 is 15.2 Å². The smallest absolute Gasteiger partial charge is 0.244 e. The van der Waals surface area contributed by atoms with Crippen LogP contribution in [0.1, 0.15) is 27.2 Å². The fourth-order valence-electron chi connectivity index (χ4n) is 2.19. The standard InChI is InChI=1S/C14H24N2O4S/c1-10(2)8-14(3,17)9-16-21(18,19)13-6-5-11(15)7-12(13)20-4/h5-7,10,16-17H,8-9,15H2,1-4H3. The first-order valence-electron chi connectivity index (χ1n) is 6.73. The zero-order valence-corrected chi connectivity index (χ0v) is 13.7. The maximum atomic E-state index is 12.3. The second-order valence-corrected chi connectivity index (χ2v) is 7.57. The Balaban J connectivity index is 2.93. The van der Waals surface area contributed by atoms with E-state index in [1.54, 1.807) is 6.92 Å². The lowest BCUT2D eigenvalue weighted by Gasteiger charge is -2.25. The molecule has 6 nitrogen and oxygen atoms in total. The molecule has 1 atom stereocenters. The number of methoxy groups -OCH3 is 1. The van der Waals surface area contributed by atoms with Crippen molar-refractivity contribution in [3.8, 4) is 5.75 Å². The number of ether oxygens (including phenoxy) is 1. The molecular weight excluding hydrogens is 292 g/mol. The predicted octanol–water partition coefficient (Wildman–Crippen LogP) is 1.35. The lowest BCUT2D eigenvalue weighted by atomic mass is 9.95. The number of benzene rings is 1. The molecule has 0 heterocycles. The summed E-state index contributed by atoms with van der Waals surface area (Å²) in [6.07, 6.45) is 0.494. The molecule has 1 unspecified atom stereocenters. The summed E-state index contributed by atoms with van der Waals surface area (Å²) in [5.41, 5.74) is 4.91. The van der Waals surface area contributed by atoms with Crippen molar-refractivity contribution in [2.45, 2.75) is 37.7 Å². The van der Waals surface area contributed by atoms with Crippen molar-refractivity contribution in [1.82, 2.24) is 4.72 Å². The van der Waals surface area contributed by atoms with Crippen LogP contribution in [0.25, 0.3) is 0 Å². The third-order valence-electron chi connectivity index (χ3n) is 2.97. The normalized spacial score (nSPS) is 15.0. The van der Waals surface area contributed by atoms with Crippen LogP contribution in [0.5, 0.6) is 5.75 Å². The van der Waals surface area contributed by atoms with Gasteiger partial charge in [-0.05, 0) is 31.4 Å². The highest BCUT2D eigenvalue weighted by Gasteiger charge is 2.26. The lowest BCUT2D eigenvalue weighted by molar-refractivity contribution is 0.0436. The van der Waals surface area contributed by atoms with E-state index in [2.05, 4.69) is 4.72 Å². The summed E-state index contributed by atoms with van der Waals surface area (Å²) in [6, 6.07) is 4.32. The summed E-state index contributed by atoms with van der Waals surface area (Å²) in [5.74, 6) is 0.432. The minimum Gasteiger partial charge on any atom is -0.495 e. The molecule has 4 N–H and O–H groups in total. The van der Waals surface area contributed by atoms with Gasteiger partial charge in [-0.3, -0.25) is 0 Å². The molecule has 0 aliphatic rings. The summed E-state index contributed by atoms with van der Waals surface area (Å²) in [6.45, 7) is 5.47. The van der Waals surface area contributed by atoms with E-state index in [0.717, 1.165) is 0 Å². The number of nitrogens with one attached hydrogen (secondary N) is 1. The molecule has 120 valence electrons. The Bertz CT molecular complexity index is 583. The molecule has 0 fully saturated rings. The van der Waals surface area contributed by atoms with Gasteiger partial charge in [0.25, 0.3) is 0 Å². The molecule has 0 saturated heterocycles. The van der Waals surface area contributed by atoms with E-state index in [4.69, 9.17) is 10.5 Å². The number of anilines is 1. The Morgan fingerprint density at radius 3 is 2.57 bits per heavy atom. The molecule has 0 spiro atoms. The van der Waals surface area contributed by atoms with E-state index in [1.807, 2.05) is 13.8 Å². The molecule has 1 rings (SSSR count). The van der Waals surface area contributed by atoms with Crippen molar-refractivity contribution >= 4 is 15.7 Å². The van der Waals surface area contributed by atoms with Crippen molar-refractivity contribution < 1.29 is 18.3 Å². The molecule has 0 aliphatic heterocycles. The van der Waals surface area contributed by atoms with Gasteiger partial charge >= 0.3 is 0 Å². The number of hydrogen-bond acceptors (Lipinski definition) is 5. The zero-order valence-electron chi connectivity index (χ0n) is 12.9. The average Bonchev–Trinajstić information content (AvgIpc) is 2.34. The van der Waals surface area contributed by atoms with Gasteiger partial charge in [-0.15, -0.1) is 0 Å². The van der Waals surface area contributed by atoms with Gasteiger partial charge in [-0.1, -0.05) is 13.8 Å². The van der Waals surface area contributed by atoms with E-state index in [-0.39, 0.29) is 23.1 Å². The molecular formula is C14H24N2O4S.